The molecule has 114 valence electrons. The van der Waals surface area contributed by atoms with Gasteiger partial charge in [0.2, 0.25) is 0 Å². The summed E-state index contributed by atoms with van der Waals surface area (Å²) in [6.07, 6.45) is 7.31. The zero-order chi connectivity index (χ0) is 14.8. The minimum absolute atomic E-state index is 0.222. The van der Waals surface area contributed by atoms with Crippen LogP contribution < -0.4 is 5.32 Å². The van der Waals surface area contributed by atoms with Crippen molar-refractivity contribution in [1.29, 1.82) is 0 Å². The smallest absolute Gasteiger partial charge is 0.164 e. The van der Waals surface area contributed by atoms with E-state index in [0.29, 0.717) is 0 Å². The van der Waals surface area contributed by atoms with E-state index in [1.54, 1.807) is 11.0 Å². The normalized spacial score (nSPS) is 23.2. The van der Waals surface area contributed by atoms with Crippen LogP contribution >= 0.6 is 15.9 Å². The van der Waals surface area contributed by atoms with Crippen molar-refractivity contribution in [3.05, 3.63) is 10.9 Å². The fourth-order valence-electron chi connectivity index (χ4n) is 3.12. The molecule has 1 aliphatic rings. The highest BCUT2D eigenvalue weighted by Crippen LogP contribution is 2.30. The number of hydrogen-bond acceptors (Lipinski definition) is 5. The van der Waals surface area contributed by atoms with Crippen LogP contribution in [0.4, 0.5) is 5.82 Å². The quantitative estimate of drug-likeness (QED) is 0.829. The Morgan fingerprint density at radius 3 is 2.95 bits per heavy atom. The summed E-state index contributed by atoms with van der Waals surface area (Å²) in [6.45, 7) is 0.222. The minimum Gasteiger partial charge on any atom is -0.396 e. The lowest BCUT2D eigenvalue weighted by Gasteiger charge is -2.25. The number of rotatable bonds is 3. The number of anilines is 1. The van der Waals surface area contributed by atoms with Crippen molar-refractivity contribution < 1.29 is 5.11 Å². The number of aliphatic hydroxyl groups is 1. The summed E-state index contributed by atoms with van der Waals surface area (Å²) in [5.41, 5.74) is 0.800. The van der Waals surface area contributed by atoms with Gasteiger partial charge >= 0.3 is 0 Å². The first-order valence-electron chi connectivity index (χ1n) is 7.41. The van der Waals surface area contributed by atoms with E-state index in [0.717, 1.165) is 34.3 Å². The number of aliphatic hydroxyl groups excluding tert-OH is 1. The van der Waals surface area contributed by atoms with Crippen LogP contribution in [0.3, 0.4) is 0 Å². The number of halogens is 1. The van der Waals surface area contributed by atoms with Gasteiger partial charge in [0, 0.05) is 25.6 Å². The average Bonchev–Trinajstić information content (AvgIpc) is 2.66. The van der Waals surface area contributed by atoms with Gasteiger partial charge in [0.05, 0.1) is 5.39 Å². The summed E-state index contributed by atoms with van der Waals surface area (Å²) in [5, 5.41) is 18.4. The molecule has 2 atom stereocenters. The first-order valence-corrected chi connectivity index (χ1v) is 8.20. The van der Waals surface area contributed by atoms with E-state index in [2.05, 4.69) is 36.3 Å². The Labute approximate surface area is 132 Å². The molecule has 0 aliphatic heterocycles. The van der Waals surface area contributed by atoms with E-state index in [9.17, 15) is 5.11 Å². The van der Waals surface area contributed by atoms with Crippen LogP contribution in [0.2, 0.25) is 0 Å². The van der Waals surface area contributed by atoms with Crippen molar-refractivity contribution in [2.75, 3.05) is 11.9 Å². The molecule has 0 unspecified atom stereocenters. The molecule has 21 heavy (non-hydrogen) atoms. The van der Waals surface area contributed by atoms with Gasteiger partial charge in [-0.15, -0.1) is 0 Å². The third kappa shape index (κ3) is 2.89. The number of nitrogens with one attached hydrogen (secondary N) is 1. The van der Waals surface area contributed by atoms with E-state index in [-0.39, 0.29) is 18.6 Å². The van der Waals surface area contributed by atoms with Crippen molar-refractivity contribution in [2.45, 2.75) is 38.1 Å². The summed E-state index contributed by atoms with van der Waals surface area (Å²) in [5.74, 6) is 1.08. The summed E-state index contributed by atoms with van der Waals surface area (Å²) in [6, 6.07) is 0.253. The SMILES string of the molecule is Cn1nc(Br)c2c(N[C@H]3CCCCC[C@H]3CO)ncnc21. The van der Waals surface area contributed by atoms with Crippen LogP contribution in [0.5, 0.6) is 0 Å². The highest BCUT2D eigenvalue weighted by Gasteiger charge is 2.25. The monoisotopic (exact) mass is 353 g/mol. The number of fused-ring (bicyclic) bond motifs is 1. The maximum absolute atomic E-state index is 9.64. The van der Waals surface area contributed by atoms with Crippen LogP contribution in [0, 0.1) is 5.92 Å². The first-order chi connectivity index (χ1) is 10.2. The Hall–Kier alpha value is -1.21. The van der Waals surface area contributed by atoms with E-state index in [1.165, 1.54) is 19.3 Å². The maximum atomic E-state index is 9.64. The standard InChI is InChI=1S/C14H20BrN5O/c1-20-14-11(12(15)19-20)13(16-8-17-14)18-10-6-4-2-3-5-9(10)7-21/h8-10,21H,2-7H2,1H3,(H,16,17,18)/t9-,10-/m0/s1. The molecule has 2 N–H and O–H groups in total. The molecule has 6 nitrogen and oxygen atoms in total. The van der Waals surface area contributed by atoms with Gasteiger partial charge in [-0.25, -0.2) is 14.6 Å². The summed E-state index contributed by atoms with van der Waals surface area (Å²) in [7, 11) is 1.87. The van der Waals surface area contributed by atoms with Crippen LogP contribution in [-0.4, -0.2) is 37.5 Å². The second-order valence-corrected chi connectivity index (χ2v) is 6.42. The zero-order valence-electron chi connectivity index (χ0n) is 12.1. The molecule has 2 aromatic heterocycles. The second-order valence-electron chi connectivity index (χ2n) is 5.67. The zero-order valence-corrected chi connectivity index (χ0v) is 13.7. The number of nitrogens with zero attached hydrogens (tertiary/aromatic N) is 4. The Kier molecular flexibility index (Phi) is 4.40. The molecule has 1 fully saturated rings. The number of hydrogen-bond donors (Lipinski definition) is 2. The Morgan fingerprint density at radius 1 is 1.33 bits per heavy atom. The number of aromatic nitrogens is 4. The fraction of sp³-hybridized carbons (Fsp3) is 0.643. The van der Waals surface area contributed by atoms with E-state index >= 15 is 0 Å². The second kappa shape index (κ2) is 6.27. The molecule has 0 spiro atoms. The molecule has 0 amide bonds. The third-order valence-corrected chi connectivity index (χ3v) is 4.85. The maximum Gasteiger partial charge on any atom is 0.164 e. The predicted molar refractivity (Wildman–Crippen MR) is 85.1 cm³/mol. The van der Waals surface area contributed by atoms with E-state index in [1.807, 2.05) is 7.05 Å². The molecule has 2 aromatic rings. The molecule has 0 radical (unpaired) electrons. The molecule has 7 heteroatoms. The Balaban J connectivity index is 1.93. The lowest BCUT2D eigenvalue weighted by atomic mass is 9.95. The fourth-order valence-corrected chi connectivity index (χ4v) is 3.72. The molecule has 2 heterocycles. The molecular weight excluding hydrogens is 334 g/mol. The predicted octanol–water partition coefficient (Wildman–Crippen LogP) is 2.48. The Bertz CT molecular complexity index is 629. The summed E-state index contributed by atoms with van der Waals surface area (Å²) in [4.78, 5) is 8.67. The van der Waals surface area contributed by atoms with Crippen molar-refractivity contribution >= 4 is 32.8 Å². The molecule has 0 bridgehead atoms. The van der Waals surface area contributed by atoms with Crippen molar-refractivity contribution in [3.8, 4) is 0 Å². The van der Waals surface area contributed by atoms with Crippen LogP contribution in [-0.2, 0) is 7.05 Å². The molecule has 1 aliphatic carbocycles. The van der Waals surface area contributed by atoms with Crippen molar-refractivity contribution in [1.82, 2.24) is 19.7 Å². The summed E-state index contributed by atoms with van der Waals surface area (Å²) >= 11 is 3.48. The lowest BCUT2D eigenvalue weighted by molar-refractivity contribution is 0.203. The number of aryl methyl sites for hydroxylation is 1. The average molecular weight is 354 g/mol. The van der Waals surface area contributed by atoms with E-state index < -0.39 is 0 Å². The van der Waals surface area contributed by atoms with Gasteiger partial charge in [0.15, 0.2) is 5.65 Å². The topological polar surface area (TPSA) is 75.9 Å². The van der Waals surface area contributed by atoms with Gasteiger partial charge in [-0.1, -0.05) is 19.3 Å². The minimum atomic E-state index is 0.222. The first kappa shape index (κ1) is 14.7. The van der Waals surface area contributed by atoms with Gasteiger partial charge in [-0.05, 0) is 28.8 Å². The van der Waals surface area contributed by atoms with Crippen LogP contribution in [0.25, 0.3) is 11.0 Å². The van der Waals surface area contributed by atoms with Crippen LogP contribution in [0.1, 0.15) is 32.1 Å². The summed E-state index contributed by atoms with van der Waals surface area (Å²) < 4.78 is 2.49. The third-order valence-electron chi connectivity index (χ3n) is 4.29. The largest absolute Gasteiger partial charge is 0.396 e. The van der Waals surface area contributed by atoms with Crippen molar-refractivity contribution in [2.24, 2.45) is 13.0 Å². The molecular formula is C14H20BrN5O. The Morgan fingerprint density at radius 2 is 2.14 bits per heavy atom. The highest BCUT2D eigenvalue weighted by atomic mass is 79.9. The van der Waals surface area contributed by atoms with Crippen molar-refractivity contribution in [3.63, 3.8) is 0 Å². The van der Waals surface area contributed by atoms with Gasteiger partial charge in [0.25, 0.3) is 0 Å². The molecule has 1 saturated carbocycles. The van der Waals surface area contributed by atoms with Gasteiger partial charge in [-0.3, -0.25) is 0 Å². The van der Waals surface area contributed by atoms with Gasteiger partial charge in [-0.2, -0.15) is 5.10 Å². The van der Waals surface area contributed by atoms with Crippen LogP contribution in [0.15, 0.2) is 10.9 Å². The molecule has 0 saturated heterocycles. The highest BCUT2D eigenvalue weighted by molar-refractivity contribution is 9.10. The van der Waals surface area contributed by atoms with Gasteiger partial charge < -0.3 is 10.4 Å². The van der Waals surface area contributed by atoms with Gasteiger partial charge in [0.1, 0.15) is 16.7 Å². The molecule has 0 aromatic carbocycles. The molecule has 3 rings (SSSR count). The van der Waals surface area contributed by atoms with E-state index in [4.69, 9.17) is 0 Å². The lowest BCUT2D eigenvalue weighted by Crippen LogP contribution is -2.31.